The Morgan fingerprint density at radius 1 is 1.02 bits per heavy atom. The minimum absolute atomic E-state index is 0.00507. The van der Waals surface area contributed by atoms with E-state index in [2.05, 4.69) is 20.7 Å². The Morgan fingerprint density at radius 3 is 2.29 bits per heavy atom. The summed E-state index contributed by atoms with van der Waals surface area (Å²) in [5.74, 6) is 1.50. The number of hydrogen-bond acceptors (Lipinski definition) is 7. The van der Waals surface area contributed by atoms with Crippen LogP contribution >= 0.6 is 0 Å². The van der Waals surface area contributed by atoms with E-state index < -0.39 is 29.2 Å². The number of carbonyl (C=O) groups excluding carboxylic acids is 4. The first-order chi connectivity index (χ1) is 19.4. The van der Waals surface area contributed by atoms with Crippen LogP contribution in [0.25, 0.3) is 0 Å². The van der Waals surface area contributed by atoms with E-state index in [-0.39, 0.29) is 43.0 Å². The molecule has 0 spiro atoms. The van der Waals surface area contributed by atoms with Gasteiger partial charge in [0.2, 0.25) is 11.8 Å². The molecule has 4 saturated carbocycles. The van der Waals surface area contributed by atoms with Crippen LogP contribution in [0.15, 0.2) is 23.1 Å². The molecule has 4 aliphatic rings. The van der Waals surface area contributed by atoms with Gasteiger partial charge in [-0.25, -0.2) is 4.79 Å². The highest BCUT2D eigenvalue weighted by molar-refractivity contribution is 5.96. The molecule has 1 atom stereocenters. The molecule has 1 aromatic rings. The molecule has 1 heterocycles. The van der Waals surface area contributed by atoms with Gasteiger partial charge < -0.3 is 30.0 Å². The van der Waals surface area contributed by atoms with E-state index in [1.54, 1.807) is 26.8 Å². The lowest BCUT2D eigenvalue weighted by atomic mass is 9.54. The van der Waals surface area contributed by atoms with Gasteiger partial charge in [0.05, 0.1) is 7.11 Å². The third-order valence-corrected chi connectivity index (χ3v) is 8.51. The maximum atomic E-state index is 13.2. The number of anilines is 1. The fraction of sp³-hybridized carbons (Fsp3) is 0.700. The van der Waals surface area contributed by atoms with Gasteiger partial charge in [-0.15, -0.1) is 0 Å². The summed E-state index contributed by atoms with van der Waals surface area (Å²) in [6.07, 6.45) is 8.14. The van der Waals surface area contributed by atoms with Crippen molar-refractivity contribution < 1.29 is 28.7 Å². The monoisotopic (exact) mass is 572 g/mol. The summed E-state index contributed by atoms with van der Waals surface area (Å²) in [7, 11) is 1.31. The van der Waals surface area contributed by atoms with Crippen LogP contribution in [0.2, 0.25) is 0 Å². The van der Waals surface area contributed by atoms with Gasteiger partial charge in [0.15, 0.2) is 0 Å². The summed E-state index contributed by atoms with van der Waals surface area (Å²) in [4.78, 5) is 63.2. The van der Waals surface area contributed by atoms with Gasteiger partial charge in [-0.2, -0.15) is 0 Å². The minimum atomic E-state index is -1.00. The first kappa shape index (κ1) is 30.6. The Bertz CT molecular complexity index is 1160. The molecule has 4 aliphatic carbocycles. The van der Waals surface area contributed by atoms with Gasteiger partial charge in [-0.3, -0.25) is 19.2 Å². The molecule has 0 unspecified atom stereocenters. The molecular formula is C30H44N4O7. The van der Waals surface area contributed by atoms with Gasteiger partial charge in [0.1, 0.15) is 23.9 Å². The standard InChI is InChI=1S/C30H44N4O7/c1-30(2,3)41-29(39)32-22(8-5-6-10-25(36)40-4)27(37)31-23-9-7-11-34(28(23)38)17-24(35)33-26-20-13-18-12-19(15-20)16-21(26)14-18/h7,9,11,18-22,26H,5-6,8,10,12-17H2,1-4H3,(H,31,37)(H,32,39)(H,33,35)/t18?,19?,20?,21?,22-,26?/m0/s1. The van der Waals surface area contributed by atoms with Crippen molar-refractivity contribution in [1.29, 1.82) is 0 Å². The third-order valence-electron chi connectivity index (χ3n) is 8.51. The van der Waals surface area contributed by atoms with Crippen molar-refractivity contribution in [3.63, 3.8) is 0 Å². The van der Waals surface area contributed by atoms with Crippen LogP contribution in [0.5, 0.6) is 0 Å². The average molecular weight is 573 g/mol. The molecule has 3 amide bonds. The maximum absolute atomic E-state index is 13.2. The molecule has 5 rings (SSSR count). The summed E-state index contributed by atoms with van der Waals surface area (Å²) < 4.78 is 11.2. The molecule has 11 nitrogen and oxygen atoms in total. The van der Waals surface area contributed by atoms with E-state index in [9.17, 15) is 24.0 Å². The van der Waals surface area contributed by atoms with E-state index in [4.69, 9.17) is 4.74 Å². The zero-order valence-corrected chi connectivity index (χ0v) is 24.6. The van der Waals surface area contributed by atoms with Crippen molar-refractivity contribution in [3.8, 4) is 0 Å². The lowest BCUT2D eigenvalue weighted by Gasteiger charge is -2.54. The van der Waals surface area contributed by atoms with Crippen LogP contribution in [-0.4, -0.2) is 53.2 Å². The fourth-order valence-corrected chi connectivity index (χ4v) is 6.96. The van der Waals surface area contributed by atoms with Gasteiger partial charge in [0, 0.05) is 18.7 Å². The number of pyridine rings is 1. The maximum Gasteiger partial charge on any atom is 0.408 e. The molecule has 0 aromatic carbocycles. The van der Waals surface area contributed by atoms with E-state index in [0.29, 0.717) is 24.7 Å². The highest BCUT2D eigenvalue weighted by atomic mass is 16.6. The molecule has 4 fully saturated rings. The summed E-state index contributed by atoms with van der Waals surface area (Å²) in [6.45, 7) is 5.00. The SMILES string of the molecule is COC(=O)CCCC[C@H](NC(=O)OC(C)(C)C)C(=O)Nc1cccn(CC(=O)NC2C3CC4CC(C3)CC2C4)c1=O. The molecule has 1 aromatic heterocycles. The van der Waals surface area contributed by atoms with Gasteiger partial charge in [-0.05, 0) is 102 Å². The highest BCUT2D eigenvalue weighted by Gasteiger charge is 2.48. The van der Waals surface area contributed by atoms with Gasteiger partial charge >= 0.3 is 12.1 Å². The fourth-order valence-electron chi connectivity index (χ4n) is 6.96. The molecular weight excluding hydrogens is 528 g/mol. The molecule has 4 bridgehead atoms. The predicted molar refractivity (Wildman–Crippen MR) is 152 cm³/mol. The van der Waals surface area contributed by atoms with E-state index >= 15 is 0 Å². The van der Waals surface area contributed by atoms with Gasteiger partial charge in [0.25, 0.3) is 5.56 Å². The lowest BCUT2D eigenvalue weighted by molar-refractivity contribution is -0.140. The Hall–Kier alpha value is -3.37. The van der Waals surface area contributed by atoms with Crippen LogP contribution in [-0.2, 0) is 30.4 Å². The molecule has 41 heavy (non-hydrogen) atoms. The summed E-state index contributed by atoms with van der Waals surface area (Å²) in [6, 6.07) is 2.23. The smallest absolute Gasteiger partial charge is 0.408 e. The lowest BCUT2D eigenvalue weighted by Crippen LogP contribution is -2.56. The number of amides is 3. The topological polar surface area (TPSA) is 145 Å². The molecule has 0 saturated heterocycles. The second kappa shape index (κ2) is 13.1. The number of methoxy groups -OCH3 is 1. The second-order valence-corrected chi connectivity index (χ2v) is 12.9. The van der Waals surface area contributed by atoms with Crippen molar-refractivity contribution in [1.82, 2.24) is 15.2 Å². The Kier molecular flexibility index (Phi) is 9.76. The normalized spacial score (nSPS) is 25.2. The number of nitrogens with one attached hydrogen (secondary N) is 3. The Morgan fingerprint density at radius 2 is 1.68 bits per heavy atom. The van der Waals surface area contributed by atoms with Gasteiger partial charge in [-0.1, -0.05) is 6.42 Å². The Balaban J connectivity index is 1.37. The van der Waals surface area contributed by atoms with E-state index in [1.165, 1.54) is 56.0 Å². The molecule has 226 valence electrons. The van der Waals surface area contributed by atoms with Crippen LogP contribution in [0.1, 0.15) is 78.6 Å². The zero-order valence-electron chi connectivity index (χ0n) is 24.6. The largest absolute Gasteiger partial charge is 0.469 e. The predicted octanol–water partition coefficient (Wildman–Crippen LogP) is 3.35. The number of rotatable bonds is 11. The van der Waals surface area contributed by atoms with Crippen molar-refractivity contribution in [2.75, 3.05) is 12.4 Å². The number of aromatic nitrogens is 1. The zero-order chi connectivity index (χ0) is 29.7. The number of ether oxygens (including phenoxy) is 2. The molecule has 3 N–H and O–H groups in total. The highest BCUT2D eigenvalue weighted by Crippen LogP contribution is 2.53. The minimum Gasteiger partial charge on any atom is -0.469 e. The number of carbonyl (C=O) groups is 4. The number of hydrogen-bond donors (Lipinski definition) is 3. The van der Waals surface area contributed by atoms with Crippen molar-refractivity contribution in [2.24, 2.45) is 23.7 Å². The quantitative estimate of drug-likeness (QED) is 0.272. The number of esters is 1. The van der Waals surface area contributed by atoms with Crippen molar-refractivity contribution >= 4 is 29.6 Å². The summed E-state index contributed by atoms with van der Waals surface area (Å²) >= 11 is 0. The number of alkyl carbamates (subject to hydrolysis) is 1. The molecule has 0 radical (unpaired) electrons. The average Bonchev–Trinajstić information content (AvgIpc) is 2.88. The van der Waals surface area contributed by atoms with E-state index in [0.717, 1.165) is 11.8 Å². The number of nitrogens with zero attached hydrogens (tertiary/aromatic N) is 1. The van der Waals surface area contributed by atoms with Crippen LogP contribution in [0.4, 0.5) is 10.5 Å². The Labute approximate surface area is 241 Å². The second-order valence-electron chi connectivity index (χ2n) is 12.9. The molecule has 11 heteroatoms. The first-order valence-electron chi connectivity index (χ1n) is 14.8. The van der Waals surface area contributed by atoms with Crippen LogP contribution in [0.3, 0.4) is 0 Å². The molecule has 0 aliphatic heterocycles. The summed E-state index contributed by atoms with van der Waals surface area (Å²) in [5, 5.41) is 8.40. The van der Waals surface area contributed by atoms with E-state index in [1.807, 2.05) is 0 Å². The van der Waals surface area contributed by atoms with Crippen molar-refractivity contribution in [2.45, 2.75) is 103 Å². The van der Waals surface area contributed by atoms with Crippen LogP contribution in [0, 0.1) is 23.7 Å². The van der Waals surface area contributed by atoms with Crippen molar-refractivity contribution in [3.05, 3.63) is 28.7 Å². The summed E-state index contributed by atoms with van der Waals surface area (Å²) in [5.41, 5.74) is -1.27. The first-order valence-corrected chi connectivity index (χ1v) is 14.8. The number of unbranched alkanes of at least 4 members (excludes halogenated alkanes) is 1. The third kappa shape index (κ3) is 8.33. The van der Waals surface area contributed by atoms with Crippen LogP contribution < -0.4 is 21.5 Å².